The second-order valence-electron chi connectivity index (χ2n) is 4.51. The number of benzene rings is 1. The SMILES string of the molecule is O=C1C(Cl)=C/C(=N\S(=O)(=O)c2cc(Cl)c(Cl)s2)c2ccccc21. The number of allylic oxidation sites excluding steroid dienone is 2. The average molecular weight is 407 g/mol. The fraction of sp³-hybridized carbons (Fsp3) is 0. The van der Waals surface area contributed by atoms with Crippen molar-refractivity contribution < 1.29 is 13.2 Å². The molecule has 0 spiro atoms. The summed E-state index contributed by atoms with van der Waals surface area (Å²) in [6.45, 7) is 0. The van der Waals surface area contributed by atoms with Crippen LogP contribution in [0.15, 0.2) is 50.0 Å². The number of nitrogens with zero attached hydrogens (tertiary/aromatic N) is 1. The van der Waals surface area contributed by atoms with Gasteiger partial charge in [0.1, 0.15) is 8.55 Å². The van der Waals surface area contributed by atoms with Crippen LogP contribution in [0.1, 0.15) is 15.9 Å². The first kappa shape index (κ1) is 16.7. The van der Waals surface area contributed by atoms with Gasteiger partial charge in [-0.3, -0.25) is 4.79 Å². The lowest BCUT2D eigenvalue weighted by molar-refractivity contribution is 0.104. The summed E-state index contributed by atoms with van der Waals surface area (Å²) in [5.41, 5.74) is 0.793. The Balaban J connectivity index is 2.17. The molecule has 0 bridgehead atoms. The van der Waals surface area contributed by atoms with Gasteiger partial charge < -0.3 is 0 Å². The van der Waals surface area contributed by atoms with Crippen LogP contribution in [0, 0.1) is 0 Å². The van der Waals surface area contributed by atoms with Crippen LogP contribution in [0.2, 0.25) is 9.36 Å². The van der Waals surface area contributed by atoms with Crippen LogP contribution in [0.5, 0.6) is 0 Å². The summed E-state index contributed by atoms with van der Waals surface area (Å²) in [7, 11) is -4.02. The number of carbonyl (C=O) groups is 1. The molecule has 4 nitrogen and oxygen atoms in total. The van der Waals surface area contributed by atoms with Gasteiger partial charge >= 0.3 is 0 Å². The van der Waals surface area contributed by atoms with Gasteiger partial charge in [0.2, 0.25) is 5.78 Å². The minimum atomic E-state index is -4.02. The Kier molecular flexibility index (Phi) is 4.37. The molecule has 0 N–H and O–H groups in total. The maximum absolute atomic E-state index is 12.4. The number of sulfonamides is 1. The lowest BCUT2D eigenvalue weighted by Crippen LogP contribution is -2.16. The predicted octanol–water partition coefficient (Wildman–Crippen LogP) is 4.55. The highest BCUT2D eigenvalue weighted by Crippen LogP contribution is 2.35. The Labute approximate surface area is 151 Å². The fourth-order valence-electron chi connectivity index (χ4n) is 2.00. The molecule has 0 fully saturated rings. The molecule has 0 atom stereocenters. The number of hydrogen-bond acceptors (Lipinski definition) is 4. The zero-order chi connectivity index (χ0) is 16.8. The Morgan fingerprint density at radius 2 is 1.70 bits per heavy atom. The molecule has 0 unspecified atom stereocenters. The fourth-order valence-corrected chi connectivity index (χ4v) is 5.06. The van der Waals surface area contributed by atoms with Gasteiger partial charge in [0.25, 0.3) is 10.0 Å². The van der Waals surface area contributed by atoms with Gasteiger partial charge in [-0.05, 0) is 12.1 Å². The van der Waals surface area contributed by atoms with E-state index < -0.39 is 10.0 Å². The van der Waals surface area contributed by atoms with Crippen molar-refractivity contribution in [2.24, 2.45) is 4.40 Å². The van der Waals surface area contributed by atoms with Gasteiger partial charge in [-0.15, -0.1) is 11.3 Å². The van der Waals surface area contributed by atoms with Crippen molar-refractivity contribution in [2.75, 3.05) is 0 Å². The Hall–Kier alpha value is -1.18. The van der Waals surface area contributed by atoms with E-state index in [4.69, 9.17) is 34.8 Å². The number of hydrogen-bond donors (Lipinski definition) is 0. The molecule has 1 aromatic heterocycles. The summed E-state index contributed by atoms with van der Waals surface area (Å²) in [6, 6.07) is 7.75. The maximum Gasteiger partial charge on any atom is 0.292 e. The van der Waals surface area contributed by atoms with E-state index in [0.29, 0.717) is 11.1 Å². The minimum absolute atomic E-state index is 0.0843. The molecule has 1 aliphatic rings. The topological polar surface area (TPSA) is 63.6 Å². The Morgan fingerprint density at radius 3 is 2.30 bits per heavy atom. The summed E-state index contributed by atoms with van der Waals surface area (Å²) in [4.78, 5) is 12.0. The third-order valence-electron chi connectivity index (χ3n) is 3.02. The highest BCUT2D eigenvalue weighted by atomic mass is 35.5. The lowest BCUT2D eigenvalue weighted by atomic mass is 9.94. The largest absolute Gasteiger partial charge is 0.292 e. The molecule has 1 heterocycles. The second kappa shape index (κ2) is 6.03. The highest BCUT2D eigenvalue weighted by molar-refractivity contribution is 7.92. The molecule has 2 aromatic rings. The van der Waals surface area contributed by atoms with E-state index in [0.717, 1.165) is 11.3 Å². The van der Waals surface area contributed by atoms with Crippen molar-refractivity contribution >= 4 is 67.7 Å². The lowest BCUT2D eigenvalue weighted by Gasteiger charge is -2.13. The standard InChI is InChI=1S/C14H6Cl3NO3S2/c15-9-5-11(7-3-1-2-4-8(7)13(9)19)18-23(20,21)12-6-10(16)14(17)22-12/h1-6H/b18-11+. The van der Waals surface area contributed by atoms with E-state index >= 15 is 0 Å². The summed E-state index contributed by atoms with van der Waals surface area (Å²) < 4.78 is 28.7. The average Bonchev–Trinajstić information content (AvgIpc) is 2.85. The smallest absolute Gasteiger partial charge is 0.288 e. The van der Waals surface area contributed by atoms with Crippen LogP contribution >= 0.6 is 46.1 Å². The third-order valence-corrected chi connectivity index (χ3v) is 6.91. The van der Waals surface area contributed by atoms with Crippen LogP contribution in [0.3, 0.4) is 0 Å². The molecule has 0 aliphatic heterocycles. The molecule has 118 valence electrons. The number of thiophene rings is 1. The Bertz CT molecular complexity index is 971. The minimum Gasteiger partial charge on any atom is -0.288 e. The molecule has 1 aliphatic carbocycles. The number of carbonyl (C=O) groups excluding carboxylic acids is 1. The summed E-state index contributed by atoms with van der Waals surface area (Å²) in [5.74, 6) is -0.374. The zero-order valence-electron chi connectivity index (χ0n) is 11.1. The van der Waals surface area contributed by atoms with E-state index in [9.17, 15) is 13.2 Å². The van der Waals surface area contributed by atoms with Crippen LogP contribution in [-0.2, 0) is 10.0 Å². The highest BCUT2D eigenvalue weighted by Gasteiger charge is 2.26. The summed E-state index contributed by atoms with van der Waals surface area (Å²) >= 11 is 18.3. The third kappa shape index (κ3) is 3.09. The maximum atomic E-state index is 12.4. The monoisotopic (exact) mass is 405 g/mol. The molecule has 0 saturated carbocycles. The number of rotatable bonds is 2. The number of halogens is 3. The molecule has 1 aromatic carbocycles. The molecule has 3 rings (SSSR count). The number of fused-ring (bicyclic) bond motifs is 1. The summed E-state index contributed by atoms with van der Waals surface area (Å²) in [5, 5.41) is 0.0446. The predicted molar refractivity (Wildman–Crippen MR) is 92.8 cm³/mol. The van der Waals surface area contributed by atoms with Crippen LogP contribution in [0.25, 0.3) is 0 Å². The Morgan fingerprint density at radius 1 is 1.04 bits per heavy atom. The van der Waals surface area contributed by atoms with E-state index in [1.54, 1.807) is 24.3 Å². The quantitative estimate of drug-likeness (QED) is 0.735. The van der Waals surface area contributed by atoms with E-state index in [1.165, 1.54) is 12.1 Å². The second-order valence-corrected chi connectivity index (χ2v) is 8.81. The van der Waals surface area contributed by atoms with E-state index in [-0.39, 0.29) is 30.1 Å². The summed E-state index contributed by atoms with van der Waals surface area (Å²) in [6.07, 6.45) is 1.24. The number of ketones is 1. The first-order valence-electron chi connectivity index (χ1n) is 6.11. The molecular formula is C14H6Cl3NO3S2. The first-order chi connectivity index (χ1) is 10.8. The van der Waals surface area contributed by atoms with Gasteiger partial charge in [0, 0.05) is 11.1 Å². The number of Topliss-reactive ketones (excluding diaryl/α,β-unsaturated/α-hetero) is 1. The van der Waals surface area contributed by atoms with Gasteiger partial charge in [0.15, 0.2) is 0 Å². The molecular weight excluding hydrogens is 401 g/mol. The van der Waals surface area contributed by atoms with Gasteiger partial charge in [-0.1, -0.05) is 59.1 Å². The van der Waals surface area contributed by atoms with Gasteiger partial charge in [-0.2, -0.15) is 12.8 Å². The molecule has 9 heteroatoms. The van der Waals surface area contributed by atoms with Crippen LogP contribution in [-0.4, -0.2) is 19.9 Å². The van der Waals surface area contributed by atoms with Gasteiger partial charge in [-0.25, -0.2) is 0 Å². The van der Waals surface area contributed by atoms with E-state index in [2.05, 4.69) is 4.40 Å². The van der Waals surface area contributed by atoms with Crippen molar-refractivity contribution in [1.29, 1.82) is 0 Å². The van der Waals surface area contributed by atoms with Crippen LogP contribution in [0.4, 0.5) is 0 Å². The first-order valence-corrected chi connectivity index (χ1v) is 9.50. The van der Waals surface area contributed by atoms with Crippen molar-refractivity contribution in [3.63, 3.8) is 0 Å². The van der Waals surface area contributed by atoms with Crippen molar-refractivity contribution in [3.8, 4) is 0 Å². The molecule has 0 saturated heterocycles. The molecule has 0 amide bonds. The van der Waals surface area contributed by atoms with Crippen LogP contribution < -0.4 is 0 Å². The molecule has 0 radical (unpaired) electrons. The van der Waals surface area contributed by atoms with Crippen molar-refractivity contribution in [2.45, 2.75) is 4.21 Å². The molecule has 23 heavy (non-hydrogen) atoms. The zero-order valence-corrected chi connectivity index (χ0v) is 15.0. The van der Waals surface area contributed by atoms with Gasteiger partial charge in [0.05, 0.1) is 15.8 Å². The van der Waals surface area contributed by atoms with E-state index in [1.807, 2.05) is 0 Å². The van der Waals surface area contributed by atoms with Crippen molar-refractivity contribution in [1.82, 2.24) is 0 Å². The van der Waals surface area contributed by atoms with Crippen molar-refractivity contribution in [3.05, 3.63) is 61.9 Å². The normalized spacial score (nSPS) is 16.4.